The van der Waals surface area contributed by atoms with Gasteiger partial charge >= 0.3 is 0 Å². The van der Waals surface area contributed by atoms with Crippen molar-refractivity contribution in [2.75, 3.05) is 6.61 Å². The van der Waals surface area contributed by atoms with Gasteiger partial charge in [-0.25, -0.2) is 4.39 Å². The molecule has 1 aromatic rings. The monoisotopic (exact) mass is 444 g/mol. The highest BCUT2D eigenvalue weighted by atomic mass is 19.2. The van der Waals surface area contributed by atoms with Gasteiger partial charge in [0.25, 0.3) is 0 Å². The molecular formula is C29H42F2O. The Morgan fingerprint density at radius 3 is 2.06 bits per heavy atom. The molecule has 0 saturated heterocycles. The van der Waals surface area contributed by atoms with Crippen molar-refractivity contribution in [1.82, 2.24) is 0 Å². The Kier molecular flexibility index (Phi) is 10.3. The van der Waals surface area contributed by atoms with Crippen LogP contribution in [0.1, 0.15) is 102 Å². The topological polar surface area (TPSA) is 9.23 Å². The van der Waals surface area contributed by atoms with E-state index in [1.807, 2.05) is 0 Å². The van der Waals surface area contributed by atoms with Crippen LogP contribution in [0, 0.1) is 29.4 Å². The molecule has 0 spiro atoms. The summed E-state index contributed by atoms with van der Waals surface area (Å²) in [4.78, 5) is 0. The summed E-state index contributed by atoms with van der Waals surface area (Å²) in [6.45, 7) is 4.22. The van der Waals surface area contributed by atoms with Gasteiger partial charge in [-0.1, -0.05) is 56.1 Å². The van der Waals surface area contributed by atoms with E-state index >= 15 is 0 Å². The summed E-state index contributed by atoms with van der Waals surface area (Å²) in [5.74, 6) is 1.03. The Morgan fingerprint density at radius 1 is 0.844 bits per heavy atom. The lowest BCUT2D eigenvalue weighted by molar-refractivity contribution is 0.255. The molecule has 0 unspecified atom stereocenters. The molecule has 1 aromatic carbocycles. The van der Waals surface area contributed by atoms with Crippen molar-refractivity contribution in [3.05, 3.63) is 53.6 Å². The summed E-state index contributed by atoms with van der Waals surface area (Å²) in [5.41, 5.74) is 0.523. The van der Waals surface area contributed by atoms with Gasteiger partial charge in [0, 0.05) is 0 Å². The van der Waals surface area contributed by atoms with E-state index in [0.717, 1.165) is 37.5 Å². The van der Waals surface area contributed by atoms with Gasteiger partial charge in [0.15, 0.2) is 11.6 Å². The standard InChI is InChI=1S/C29H42F2O/c1-3-5-6-9-22-12-14-23(15-13-22)10-7-8-11-24-16-18-25(19-17-24)26-20-21-27(32-4-2)29(31)28(26)30/h3,5,8,11,20-25H,4,6-7,9-10,12-19H2,1-2H3/b5-3+,11-8+. The second-order valence-electron chi connectivity index (χ2n) is 9.86. The van der Waals surface area contributed by atoms with Crippen molar-refractivity contribution >= 4 is 0 Å². The van der Waals surface area contributed by atoms with Crippen LogP contribution >= 0.6 is 0 Å². The molecule has 2 saturated carbocycles. The minimum Gasteiger partial charge on any atom is -0.491 e. The molecule has 2 fully saturated rings. The first-order chi connectivity index (χ1) is 15.6. The molecule has 1 nitrogen and oxygen atoms in total. The van der Waals surface area contributed by atoms with Crippen molar-refractivity contribution in [3.8, 4) is 5.75 Å². The maximum atomic E-state index is 14.5. The van der Waals surface area contributed by atoms with Gasteiger partial charge in [0.2, 0.25) is 5.82 Å². The summed E-state index contributed by atoms with van der Waals surface area (Å²) in [5, 5.41) is 0. The van der Waals surface area contributed by atoms with Crippen LogP contribution in [0.2, 0.25) is 0 Å². The molecule has 32 heavy (non-hydrogen) atoms. The lowest BCUT2D eigenvalue weighted by atomic mass is 9.77. The lowest BCUT2D eigenvalue weighted by Crippen LogP contribution is -2.14. The highest BCUT2D eigenvalue weighted by molar-refractivity contribution is 5.33. The van der Waals surface area contributed by atoms with Crippen molar-refractivity contribution in [2.45, 2.75) is 96.8 Å². The minimum atomic E-state index is -0.835. The number of benzene rings is 1. The molecule has 0 aliphatic heterocycles. The number of hydrogen-bond donors (Lipinski definition) is 0. The molecule has 2 aliphatic rings. The second-order valence-corrected chi connectivity index (χ2v) is 9.86. The smallest absolute Gasteiger partial charge is 0.200 e. The summed E-state index contributed by atoms with van der Waals surface area (Å²) in [7, 11) is 0. The Balaban J connectivity index is 1.35. The maximum absolute atomic E-state index is 14.5. The third-order valence-electron chi connectivity index (χ3n) is 7.68. The Morgan fingerprint density at radius 2 is 1.47 bits per heavy atom. The van der Waals surface area contributed by atoms with Gasteiger partial charge in [-0.05, 0) is 101 Å². The van der Waals surface area contributed by atoms with Crippen LogP contribution in [0.25, 0.3) is 0 Å². The second kappa shape index (κ2) is 13.2. The highest BCUT2D eigenvalue weighted by Crippen LogP contribution is 2.39. The Hall–Kier alpha value is -1.64. The predicted molar refractivity (Wildman–Crippen MR) is 130 cm³/mol. The van der Waals surface area contributed by atoms with Gasteiger partial charge < -0.3 is 4.74 Å². The van der Waals surface area contributed by atoms with Crippen molar-refractivity contribution < 1.29 is 13.5 Å². The van der Waals surface area contributed by atoms with E-state index < -0.39 is 11.6 Å². The zero-order valence-electron chi connectivity index (χ0n) is 20.1. The number of ether oxygens (including phenoxy) is 1. The van der Waals surface area contributed by atoms with Crippen LogP contribution in [-0.4, -0.2) is 6.61 Å². The average Bonchev–Trinajstić information content (AvgIpc) is 2.82. The first kappa shape index (κ1) is 25.0. The molecule has 2 aliphatic carbocycles. The fourth-order valence-electron chi connectivity index (χ4n) is 5.68. The van der Waals surface area contributed by atoms with Gasteiger partial charge in [-0.2, -0.15) is 4.39 Å². The number of halogens is 2. The maximum Gasteiger partial charge on any atom is 0.200 e. The average molecular weight is 445 g/mol. The number of rotatable bonds is 10. The van der Waals surface area contributed by atoms with Crippen LogP contribution in [0.5, 0.6) is 5.75 Å². The van der Waals surface area contributed by atoms with Gasteiger partial charge in [-0.15, -0.1) is 0 Å². The molecule has 0 N–H and O–H groups in total. The third-order valence-corrected chi connectivity index (χ3v) is 7.68. The van der Waals surface area contributed by atoms with Crippen LogP contribution in [-0.2, 0) is 0 Å². The van der Waals surface area contributed by atoms with Gasteiger partial charge in [0.1, 0.15) is 0 Å². The van der Waals surface area contributed by atoms with Gasteiger partial charge in [-0.3, -0.25) is 0 Å². The molecule has 0 heterocycles. The van der Waals surface area contributed by atoms with Crippen LogP contribution in [0.15, 0.2) is 36.4 Å². The van der Waals surface area contributed by atoms with E-state index in [1.54, 1.807) is 19.1 Å². The molecule has 0 atom stereocenters. The van der Waals surface area contributed by atoms with Crippen molar-refractivity contribution in [3.63, 3.8) is 0 Å². The highest BCUT2D eigenvalue weighted by Gasteiger charge is 2.26. The fourth-order valence-corrected chi connectivity index (χ4v) is 5.68. The molecule has 3 heteroatoms. The molecule has 0 radical (unpaired) electrons. The molecule has 0 aromatic heterocycles. The molecule has 3 rings (SSSR count). The Bertz CT molecular complexity index is 738. The van der Waals surface area contributed by atoms with Gasteiger partial charge in [0.05, 0.1) is 6.61 Å². The molecule has 178 valence electrons. The minimum absolute atomic E-state index is 0.0208. The third kappa shape index (κ3) is 7.18. The fraction of sp³-hybridized carbons (Fsp3) is 0.655. The predicted octanol–water partition coefficient (Wildman–Crippen LogP) is 9.14. The van der Waals surface area contributed by atoms with E-state index in [-0.39, 0.29) is 11.7 Å². The Labute approximate surface area is 194 Å². The van der Waals surface area contributed by atoms with Crippen LogP contribution in [0.4, 0.5) is 8.78 Å². The van der Waals surface area contributed by atoms with E-state index in [0.29, 0.717) is 18.1 Å². The normalized spacial score (nSPS) is 26.8. The van der Waals surface area contributed by atoms with Crippen molar-refractivity contribution in [2.24, 2.45) is 17.8 Å². The lowest BCUT2D eigenvalue weighted by Gasteiger charge is -2.28. The first-order valence-corrected chi connectivity index (χ1v) is 13.0. The zero-order valence-corrected chi connectivity index (χ0v) is 20.1. The summed E-state index contributed by atoms with van der Waals surface area (Å²) in [6, 6.07) is 3.30. The number of hydrogen-bond acceptors (Lipinski definition) is 1. The largest absolute Gasteiger partial charge is 0.491 e. The summed E-state index contributed by atoms with van der Waals surface area (Å²) >= 11 is 0. The van der Waals surface area contributed by atoms with E-state index in [2.05, 4.69) is 31.2 Å². The van der Waals surface area contributed by atoms with E-state index in [4.69, 9.17) is 4.74 Å². The summed E-state index contributed by atoms with van der Waals surface area (Å²) < 4.78 is 33.9. The summed E-state index contributed by atoms with van der Waals surface area (Å²) in [6.07, 6.45) is 24.0. The van der Waals surface area contributed by atoms with Crippen LogP contribution < -0.4 is 4.74 Å². The quantitative estimate of drug-likeness (QED) is 0.327. The van der Waals surface area contributed by atoms with Crippen molar-refractivity contribution in [1.29, 1.82) is 0 Å². The van der Waals surface area contributed by atoms with E-state index in [1.165, 1.54) is 51.4 Å². The number of allylic oxidation sites excluding steroid dienone is 4. The molecule has 0 bridgehead atoms. The molecule has 0 amide bonds. The van der Waals surface area contributed by atoms with Crippen LogP contribution in [0.3, 0.4) is 0 Å². The SMILES string of the molecule is C/C=C/CCC1CCC(CC/C=C/C2CCC(c3ccc(OCC)c(F)c3F)CC2)CC1. The van der Waals surface area contributed by atoms with E-state index in [9.17, 15) is 8.78 Å². The molecular weight excluding hydrogens is 402 g/mol. The first-order valence-electron chi connectivity index (χ1n) is 13.0. The zero-order chi connectivity index (χ0) is 22.8.